The first-order valence-corrected chi connectivity index (χ1v) is 6.76. The summed E-state index contributed by atoms with van der Waals surface area (Å²) in [7, 11) is 1.67. The monoisotopic (exact) mass is 255 g/mol. The molecule has 1 fully saturated rings. The number of nitrogens with two attached hydrogens (primary N) is 1. The second-order valence-electron chi connectivity index (χ2n) is 5.02. The molecule has 1 saturated carbocycles. The Kier molecular flexibility index (Phi) is 5.59. The van der Waals surface area contributed by atoms with Gasteiger partial charge in [-0.05, 0) is 32.6 Å². The molecule has 0 saturated heterocycles. The lowest BCUT2D eigenvalue weighted by Crippen LogP contribution is -2.42. The lowest BCUT2D eigenvalue weighted by Gasteiger charge is -2.24. The van der Waals surface area contributed by atoms with Gasteiger partial charge >= 0.3 is 0 Å². The molecule has 5 heteroatoms. The SMILES string of the molecule is CCN(CC)C(=O)CN(C)C(=O)CC(N)C1CC1. The predicted octanol–water partition coefficient (Wildman–Crippen LogP) is 0.441. The van der Waals surface area contributed by atoms with Crippen LogP contribution in [0.4, 0.5) is 0 Å². The lowest BCUT2D eigenvalue weighted by molar-refractivity contribution is -0.139. The van der Waals surface area contributed by atoms with Gasteiger partial charge in [0.2, 0.25) is 11.8 Å². The van der Waals surface area contributed by atoms with Crippen molar-refractivity contribution in [2.45, 2.75) is 39.2 Å². The van der Waals surface area contributed by atoms with Crippen LogP contribution < -0.4 is 5.73 Å². The highest BCUT2D eigenvalue weighted by molar-refractivity contribution is 5.84. The summed E-state index contributed by atoms with van der Waals surface area (Å²) in [5.41, 5.74) is 5.92. The number of amides is 2. The molecule has 5 nitrogen and oxygen atoms in total. The highest BCUT2D eigenvalue weighted by Crippen LogP contribution is 2.32. The first kappa shape index (κ1) is 15.0. The Balaban J connectivity index is 2.36. The van der Waals surface area contributed by atoms with Gasteiger partial charge in [-0.1, -0.05) is 0 Å². The van der Waals surface area contributed by atoms with E-state index in [9.17, 15) is 9.59 Å². The van der Waals surface area contributed by atoms with Crippen LogP contribution in [-0.2, 0) is 9.59 Å². The minimum absolute atomic E-state index is 0.00385. The van der Waals surface area contributed by atoms with Crippen molar-refractivity contribution in [2.24, 2.45) is 11.7 Å². The summed E-state index contributed by atoms with van der Waals surface area (Å²) in [6.07, 6.45) is 2.62. The van der Waals surface area contributed by atoms with Crippen molar-refractivity contribution in [1.29, 1.82) is 0 Å². The molecule has 1 atom stereocenters. The maximum Gasteiger partial charge on any atom is 0.242 e. The largest absolute Gasteiger partial charge is 0.342 e. The van der Waals surface area contributed by atoms with Crippen LogP contribution >= 0.6 is 0 Å². The number of rotatable bonds is 7. The Bertz CT molecular complexity index is 299. The third-order valence-electron chi connectivity index (χ3n) is 3.55. The van der Waals surface area contributed by atoms with E-state index in [1.54, 1.807) is 11.9 Å². The average molecular weight is 255 g/mol. The Morgan fingerprint density at radius 2 is 1.78 bits per heavy atom. The summed E-state index contributed by atoms with van der Waals surface area (Å²) < 4.78 is 0. The Hall–Kier alpha value is -1.10. The topological polar surface area (TPSA) is 66.6 Å². The predicted molar refractivity (Wildman–Crippen MR) is 70.9 cm³/mol. The average Bonchev–Trinajstić information content (AvgIpc) is 3.14. The van der Waals surface area contributed by atoms with Crippen molar-refractivity contribution in [3.05, 3.63) is 0 Å². The van der Waals surface area contributed by atoms with Crippen LogP contribution in [0, 0.1) is 5.92 Å². The molecule has 2 amide bonds. The van der Waals surface area contributed by atoms with Crippen LogP contribution in [-0.4, -0.2) is 54.3 Å². The number of likely N-dealkylation sites (N-methyl/N-ethyl adjacent to an activating group) is 2. The van der Waals surface area contributed by atoms with Crippen LogP contribution in [0.25, 0.3) is 0 Å². The Labute approximate surface area is 109 Å². The van der Waals surface area contributed by atoms with Crippen molar-refractivity contribution in [1.82, 2.24) is 9.80 Å². The van der Waals surface area contributed by atoms with Gasteiger partial charge in [-0.25, -0.2) is 0 Å². The zero-order valence-corrected chi connectivity index (χ0v) is 11.7. The molecule has 0 spiro atoms. The molecule has 1 aliphatic carbocycles. The number of nitrogens with zero attached hydrogens (tertiary/aromatic N) is 2. The zero-order valence-electron chi connectivity index (χ0n) is 11.7. The van der Waals surface area contributed by atoms with Gasteiger partial charge in [0.15, 0.2) is 0 Å². The van der Waals surface area contributed by atoms with E-state index in [2.05, 4.69) is 0 Å². The second kappa shape index (κ2) is 6.73. The zero-order chi connectivity index (χ0) is 13.7. The van der Waals surface area contributed by atoms with Gasteiger partial charge in [0.05, 0.1) is 6.54 Å². The van der Waals surface area contributed by atoms with E-state index < -0.39 is 0 Å². The molecule has 2 N–H and O–H groups in total. The first-order chi connectivity index (χ1) is 8.49. The summed E-state index contributed by atoms with van der Waals surface area (Å²) >= 11 is 0. The van der Waals surface area contributed by atoms with Crippen LogP contribution in [0.3, 0.4) is 0 Å². The molecule has 0 aromatic carbocycles. The fourth-order valence-corrected chi connectivity index (χ4v) is 2.02. The van der Waals surface area contributed by atoms with Crippen LogP contribution in [0.15, 0.2) is 0 Å². The van der Waals surface area contributed by atoms with Crippen molar-refractivity contribution in [3.63, 3.8) is 0 Å². The van der Waals surface area contributed by atoms with Gasteiger partial charge in [-0.15, -0.1) is 0 Å². The number of hydrogen-bond acceptors (Lipinski definition) is 3. The molecule has 18 heavy (non-hydrogen) atoms. The van der Waals surface area contributed by atoms with E-state index in [0.717, 1.165) is 12.8 Å². The van der Waals surface area contributed by atoms with Gasteiger partial charge < -0.3 is 15.5 Å². The quantitative estimate of drug-likeness (QED) is 0.718. The molecule has 0 radical (unpaired) electrons. The van der Waals surface area contributed by atoms with Crippen LogP contribution in [0.1, 0.15) is 33.1 Å². The van der Waals surface area contributed by atoms with Crippen molar-refractivity contribution >= 4 is 11.8 Å². The smallest absolute Gasteiger partial charge is 0.242 e. The fraction of sp³-hybridized carbons (Fsp3) is 0.846. The van der Waals surface area contributed by atoms with E-state index >= 15 is 0 Å². The minimum atomic E-state index is -0.0384. The second-order valence-corrected chi connectivity index (χ2v) is 5.02. The number of carbonyl (C=O) groups is 2. The summed E-state index contributed by atoms with van der Waals surface area (Å²) in [6, 6.07) is -0.0384. The minimum Gasteiger partial charge on any atom is -0.342 e. The maximum absolute atomic E-state index is 11.9. The third-order valence-corrected chi connectivity index (χ3v) is 3.55. The molecular weight excluding hydrogens is 230 g/mol. The molecular formula is C13H25N3O2. The standard InChI is InChI=1S/C13H25N3O2/c1-4-16(5-2)13(18)9-15(3)12(17)8-11(14)10-6-7-10/h10-11H,4-9,14H2,1-3H3. The lowest BCUT2D eigenvalue weighted by atomic mass is 10.1. The molecule has 0 aromatic heterocycles. The maximum atomic E-state index is 11.9. The van der Waals surface area contributed by atoms with E-state index in [1.807, 2.05) is 13.8 Å². The first-order valence-electron chi connectivity index (χ1n) is 6.76. The normalized spacial score (nSPS) is 16.2. The van der Waals surface area contributed by atoms with Gasteiger partial charge in [-0.2, -0.15) is 0 Å². The molecule has 1 aliphatic rings. The van der Waals surface area contributed by atoms with Gasteiger partial charge in [-0.3, -0.25) is 9.59 Å². The van der Waals surface area contributed by atoms with Crippen molar-refractivity contribution in [3.8, 4) is 0 Å². The fourth-order valence-electron chi connectivity index (χ4n) is 2.02. The van der Waals surface area contributed by atoms with Crippen LogP contribution in [0.5, 0.6) is 0 Å². The third kappa shape index (κ3) is 4.29. The summed E-state index contributed by atoms with van der Waals surface area (Å²) in [4.78, 5) is 27.0. The molecule has 0 heterocycles. The highest BCUT2D eigenvalue weighted by Gasteiger charge is 2.30. The van der Waals surface area contributed by atoms with Gasteiger partial charge in [0, 0.05) is 32.6 Å². The molecule has 0 aromatic rings. The van der Waals surface area contributed by atoms with Crippen molar-refractivity contribution in [2.75, 3.05) is 26.7 Å². The van der Waals surface area contributed by atoms with E-state index in [0.29, 0.717) is 25.4 Å². The molecule has 0 bridgehead atoms. The molecule has 1 unspecified atom stereocenters. The molecule has 104 valence electrons. The van der Waals surface area contributed by atoms with Gasteiger partial charge in [0.1, 0.15) is 0 Å². The Morgan fingerprint density at radius 3 is 2.22 bits per heavy atom. The van der Waals surface area contributed by atoms with E-state index in [4.69, 9.17) is 5.73 Å². The highest BCUT2D eigenvalue weighted by atomic mass is 16.2. The Morgan fingerprint density at radius 1 is 1.22 bits per heavy atom. The van der Waals surface area contributed by atoms with Gasteiger partial charge in [0.25, 0.3) is 0 Å². The summed E-state index contributed by atoms with van der Waals surface area (Å²) in [5, 5.41) is 0. The van der Waals surface area contributed by atoms with E-state index in [-0.39, 0.29) is 24.4 Å². The number of carbonyl (C=O) groups excluding carboxylic acids is 2. The van der Waals surface area contributed by atoms with E-state index in [1.165, 1.54) is 4.90 Å². The molecule has 0 aliphatic heterocycles. The molecule has 1 rings (SSSR count). The summed E-state index contributed by atoms with van der Waals surface area (Å²) in [5.74, 6) is 0.478. The summed E-state index contributed by atoms with van der Waals surface area (Å²) in [6.45, 7) is 5.38. The van der Waals surface area contributed by atoms with Crippen molar-refractivity contribution < 1.29 is 9.59 Å². The number of hydrogen-bond donors (Lipinski definition) is 1. The van der Waals surface area contributed by atoms with Crippen LogP contribution in [0.2, 0.25) is 0 Å².